The van der Waals surface area contributed by atoms with Crippen molar-refractivity contribution in [1.82, 2.24) is 0 Å². The fourth-order valence-corrected chi connectivity index (χ4v) is 2.53. The van der Waals surface area contributed by atoms with Crippen LogP contribution in [0.3, 0.4) is 0 Å². The lowest BCUT2D eigenvalue weighted by Crippen LogP contribution is -2.08. The van der Waals surface area contributed by atoms with Crippen LogP contribution in [0, 0.1) is 5.92 Å². The summed E-state index contributed by atoms with van der Waals surface area (Å²) < 4.78 is 16.0. The third-order valence-corrected chi connectivity index (χ3v) is 3.70. The Morgan fingerprint density at radius 2 is 2.24 bits per heavy atom. The van der Waals surface area contributed by atoms with E-state index in [9.17, 15) is 9.59 Å². The molecule has 5 nitrogen and oxygen atoms in total. The number of methoxy groups -OCH3 is 1. The molecule has 110 valence electrons. The van der Waals surface area contributed by atoms with Crippen LogP contribution in [0.2, 0.25) is 0 Å². The van der Waals surface area contributed by atoms with Crippen molar-refractivity contribution < 1.29 is 18.7 Å². The van der Waals surface area contributed by atoms with Crippen LogP contribution in [0.4, 0.5) is 0 Å². The van der Waals surface area contributed by atoms with Crippen molar-refractivity contribution in [3.8, 4) is 5.75 Å². The predicted molar refractivity (Wildman–Crippen MR) is 76.5 cm³/mol. The van der Waals surface area contributed by atoms with E-state index in [-0.39, 0.29) is 23.2 Å². The lowest BCUT2D eigenvalue weighted by Gasteiger charge is -2.06. The molecule has 2 aromatic rings. The van der Waals surface area contributed by atoms with Gasteiger partial charge in [-0.2, -0.15) is 0 Å². The minimum Gasteiger partial charge on any atom is -0.493 e. The fraction of sp³-hybridized carbons (Fsp3) is 0.375. The molecule has 5 heteroatoms. The molecule has 21 heavy (non-hydrogen) atoms. The molecular weight excluding hydrogens is 272 g/mol. The molecule has 1 aliphatic carbocycles. The van der Waals surface area contributed by atoms with E-state index < -0.39 is 0 Å². The summed E-state index contributed by atoms with van der Waals surface area (Å²) in [5.41, 5.74) is 0.302. The third kappa shape index (κ3) is 2.39. The summed E-state index contributed by atoms with van der Waals surface area (Å²) in [6, 6.07) is 6.65. The molecule has 0 aliphatic heterocycles. The molecule has 2 unspecified atom stereocenters. The molecule has 1 aromatic carbocycles. The van der Waals surface area contributed by atoms with Crippen LogP contribution in [0.15, 0.2) is 33.5 Å². The predicted octanol–water partition coefficient (Wildman–Crippen LogP) is 2.47. The Hall–Kier alpha value is -2.30. The number of para-hydroxylation sites is 1. The minimum absolute atomic E-state index is 0.0777. The molecule has 1 heterocycles. The smallest absolute Gasteiger partial charge is 0.309 e. The van der Waals surface area contributed by atoms with E-state index in [0.717, 1.165) is 0 Å². The van der Waals surface area contributed by atoms with Gasteiger partial charge in [0.15, 0.2) is 16.8 Å². The van der Waals surface area contributed by atoms with Crippen molar-refractivity contribution in [2.75, 3.05) is 13.7 Å². The van der Waals surface area contributed by atoms with Crippen LogP contribution < -0.4 is 10.2 Å². The van der Waals surface area contributed by atoms with Gasteiger partial charge in [-0.3, -0.25) is 9.59 Å². The largest absolute Gasteiger partial charge is 0.493 e. The first-order chi connectivity index (χ1) is 10.2. The van der Waals surface area contributed by atoms with Crippen molar-refractivity contribution in [2.45, 2.75) is 19.3 Å². The number of ether oxygens (including phenoxy) is 2. The normalized spacial score (nSPS) is 20.3. The van der Waals surface area contributed by atoms with Gasteiger partial charge in [-0.25, -0.2) is 0 Å². The Balaban J connectivity index is 1.98. The molecule has 0 saturated heterocycles. The summed E-state index contributed by atoms with van der Waals surface area (Å²) in [5, 5.41) is 0.478. The second kappa shape index (κ2) is 5.24. The molecule has 0 spiro atoms. The first-order valence-corrected chi connectivity index (χ1v) is 6.93. The lowest BCUT2D eigenvalue weighted by molar-refractivity contribution is -0.144. The van der Waals surface area contributed by atoms with E-state index in [1.165, 1.54) is 13.2 Å². The number of fused-ring (bicyclic) bond motifs is 1. The molecule has 1 fully saturated rings. The number of carbonyl (C=O) groups is 1. The summed E-state index contributed by atoms with van der Waals surface area (Å²) >= 11 is 0. The van der Waals surface area contributed by atoms with Gasteiger partial charge in [0.25, 0.3) is 0 Å². The second-order valence-corrected chi connectivity index (χ2v) is 5.05. The van der Waals surface area contributed by atoms with Crippen molar-refractivity contribution in [3.63, 3.8) is 0 Å². The number of hydrogen-bond donors (Lipinski definition) is 0. The quantitative estimate of drug-likeness (QED) is 0.809. The summed E-state index contributed by atoms with van der Waals surface area (Å²) in [6.07, 6.45) is 0.655. The Labute approximate surface area is 121 Å². The van der Waals surface area contributed by atoms with Crippen LogP contribution >= 0.6 is 0 Å². The van der Waals surface area contributed by atoms with Gasteiger partial charge in [0, 0.05) is 12.0 Å². The first kappa shape index (κ1) is 13.7. The maximum atomic E-state index is 12.2. The van der Waals surface area contributed by atoms with Gasteiger partial charge in [-0.1, -0.05) is 6.07 Å². The van der Waals surface area contributed by atoms with E-state index in [1.807, 2.05) is 0 Å². The monoisotopic (exact) mass is 288 g/mol. The van der Waals surface area contributed by atoms with Crippen LogP contribution in [-0.4, -0.2) is 19.7 Å². The molecule has 0 bridgehead atoms. The summed E-state index contributed by atoms with van der Waals surface area (Å²) in [6.45, 7) is 2.13. The molecule has 0 amide bonds. The van der Waals surface area contributed by atoms with Crippen LogP contribution in [0.1, 0.15) is 25.0 Å². The highest BCUT2D eigenvalue weighted by molar-refractivity contribution is 5.83. The number of hydrogen-bond acceptors (Lipinski definition) is 5. The maximum Gasteiger partial charge on any atom is 0.309 e. The minimum atomic E-state index is -0.231. The molecule has 2 atom stereocenters. The zero-order valence-corrected chi connectivity index (χ0v) is 11.9. The zero-order chi connectivity index (χ0) is 15.0. The average molecular weight is 288 g/mol. The van der Waals surface area contributed by atoms with Crippen LogP contribution in [0.5, 0.6) is 5.75 Å². The van der Waals surface area contributed by atoms with Gasteiger partial charge in [0.05, 0.1) is 25.0 Å². The molecular formula is C16H16O5. The highest BCUT2D eigenvalue weighted by atomic mass is 16.5. The molecule has 1 aromatic heterocycles. The standard InChI is InChI=1S/C16H16O5/c1-3-20-16(18)11-7-10(11)14-8-12(17)9-5-4-6-13(19-2)15(9)21-14/h4-6,8,10-11H,3,7H2,1-2H3. The van der Waals surface area contributed by atoms with E-state index in [0.29, 0.717) is 35.5 Å². The Morgan fingerprint density at radius 1 is 1.43 bits per heavy atom. The Bertz CT molecular complexity index is 746. The maximum absolute atomic E-state index is 12.2. The summed E-state index contributed by atoms with van der Waals surface area (Å²) in [7, 11) is 1.53. The number of esters is 1. The molecule has 1 saturated carbocycles. The number of rotatable bonds is 4. The van der Waals surface area contributed by atoms with E-state index in [1.54, 1.807) is 25.1 Å². The van der Waals surface area contributed by atoms with Crippen LogP contribution in [0.25, 0.3) is 11.0 Å². The highest BCUT2D eigenvalue weighted by Crippen LogP contribution is 2.48. The van der Waals surface area contributed by atoms with E-state index >= 15 is 0 Å². The van der Waals surface area contributed by atoms with Gasteiger partial charge in [0.1, 0.15) is 5.76 Å². The van der Waals surface area contributed by atoms with Crippen molar-refractivity contribution in [2.24, 2.45) is 5.92 Å². The highest BCUT2D eigenvalue weighted by Gasteiger charge is 2.47. The van der Waals surface area contributed by atoms with Gasteiger partial charge >= 0.3 is 5.97 Å². The summed E-state index contributed by atoms with van der Waals surface area (Å²) in [5.74, 6) is 0.520. The van der Waals surface area contributed by atoms with Crippen molar-refractivity contribution >= 4 is 16.9 Å². The molecule has 0 N–H and O–H groups in total. The van der Waals surface area contributed by atoms with Crippen LogP contribution in [-0.2, 0) is 9.53 Å². The molecule has 3 rings (SSSR count). The van der Waals surface area contributed by atoms with Crippen molar-refractivity contribution in [3.05, 3.63) is 40.2 Å². The molecule has 1 aliphatic rings. The average Bonchev–Trinajstić information content (AvgIpc) is 3.27. The first-order valence-electron chi connectivity index (χ1n) is 6.93. The third-order valence-electron chi connectivity index (χ3n) is 3.70. The van der Waals surface area contributed by atoms with Gasteiger partial charge < -0.3 is 13.9 Å². The number of benzene rings is 1. The Morgan fingerprint density at radius 3 is 2.95 bits per heavy atom. The number of carbonyl (C=O) groups excluding carboxylic acids is 1. The Kier molecular flexibility index (Phi) is 3.41. The van der Waals surface area contributed by atoms with Gasteiger partial charge in [-0.05, 0) is 25.5 Å². The summed E-state index contributed by atoms with van der Waals surface area (Å²) in [4.78, 5) is 23.9. The van der Waals surface area contributed by atoms with E-state index in [4.69, 9.17) is 13.9 Å². The molecule has 0 radical (unpaired) electrons. The SMILES string of the molecule is CCOC(=O)C1CC1c1cc(=O)c2cccc(OC)c2o1. The van der Waals surface area contributed by atoms with Crippen molar-refractivity contribution in [1.29, 1.82) is 0 Å². The topological polar surface area (TPSA) is 65.7 Å². The van der Waals surface area contributed by atoms with Gasteiger partial charge in [0.2, 0.25) is 0 Å². The van der Waals surface area contributed by atoms with Gasteiger partial charge in [-0.15, -0.1) is 0 Å². The van der Waals surface area contributed by atoms with E-state index in [2.05, 4.69) is 0 Å². The fourth-order valence-electron chi connectivity index (χ4n) is 2.53. The second-order valence-electron chi connectivity index (χ2n) is 5.05. The lowest BCUT2D eigenvalue weighted by atomic mass is 10.1. The zero-order valence-electron chi connectivity index (χ0n) is 11.9.